The zero-order valence-electron chi connectivity index (χ0n) is 10.2. The molecule has 0 aliphatic heterocycles. The zero-order valence-corrected chi connectivity index (χ0v) is 10.2. The van der Waals surface area contributed by atoms with Gasteiger partial charge in [0.15, 0.2) is 11.5 Å². The monoisotopic (exact) mass is 257 g/mol. The Morgan fingerprint density at radius 2 is 1.83 bits per heavy atom. The van der Waals surface area contributed by atoms with Crippen molar-refractivity contribution in [3.8, 4) is 11.5 Å². The van der Waals surface area contributed by atoms with Crippen LogP contribution in [0.1, 0.15) is 31.2 Å². The Bertz CT molecular complexity index is 439. The Morgan fingerprint density at radius 1 is 1.22 bits per heavy atom. The summed E-state index contributed by atoms with van der Waals surface area (Å²) in [6, 6.07) is 4.98. The average molecular weight is 257 g/mol. The number of ether oxygens (including phenoxy) is 1. The van der Waals surface area contributed by atoms with Gasteiger partial charge < -0.3 is 15.6 Å². The first-order valence-electron chi connectivity index (χ1n) is 5.91. The first-order chi connectivity index (χ1) is 8.38. The molecule has 5 heteroatoms. The molecule has 0 atom stereocenters. The van der Waals surface area contributed by atoms with E-state index in [-0.39, 0.29) is 31.4 Å². The number of phenolic OH excluding ortho intramolecular Hbond substituents is 1. The van der Waals surface area contributed by atoms with Gasteiger partial charge in [0.05, 0.1) is 7.11 Å². The van der Waals surface area contributed by atoms with Crippen LogP contribution in [-0.4, -0.2) is 18.1 Å². The molecule has 18 heavy (non-hydrogen) atoms. The Kier molecular flexibility index (Phi) is 3.19. The third kappa shape index (κ3) is 2.27. The van der Waals surface area contributed by atoms with Gasteiger partial charge in [0, 0.05) is 23.9 Å². The summed E-state index contributed by atoms with van der Waals surface area (Å²) < 4.78 is 31.3. The van der Waals surface area contributed by atoms with Crippen LogP contribution in [0.25, 0.3) is 0 Å². The number of halogens is 2. The fourth-order valence-corrected chi connectivity index (χ4v) is 2.42. The molecule has 1 aromatic rings. The minimum Gasteiger partial charge on any atom is -0.504 e. The van der Waals surface area contributed by atoms with Crippen molar-refractivity contribution < 1.29 is 18.6 Å². The number of methoxy groups -OCH3 is 1. The largest absolute Gasteiger partial charge is 0.504 e. The van der Waals surface area contributed by atoms with Crippen molar-refractivity contribution in [3.63, 3.8) is 0 Å². The molecule has 0 heterocycles. The number of aromatic hydroxyl groups is 1. The van der Waals surface area contributed by atoms with E-state index in [1.165, 1.54) is 7.11 Å². The molecule has 100 valence electrons. The summed E-state index contributed by atoms with van der Waals surface area (Å²) in [6.07, 6.45) is -0.193. The second-order valence-electron chi connectivity index (χ2n) is 4.87. The summed E-state index contributed by atoms with van der Waals surface area (Å²) in [5.74, 6) is -2.38. The van der Waals surface area contributed by atoms with E-state index in [0.29, 0.717) is 11.3 Å². The number of alkyl halides is 2. The summed E-state index contributed by atoms with van der Waals surface area (Å²) in [7, 11) is 1.44. The van der Waals surface area contributed by atoms with E-state index in [1.54, 1.807) is 18.2 Å². The lowest BCUT2D eigenvalue weighted by Crippen LogP contribution is -2.43. The molecule has 0 saturated heterocycles. The van der Waals surface area contributed by atoms with Crippen molar-refractivity contribution in [1.82, 2.24) is 0 Å². The van der Waals surface area contributed by atoms with Crippen LogP contribution in [-0.2, 0) is 5.54 Å². The van der Waals surface area contributed by atoms with Gasteiger partial charge in [-0.25, -0.2) is 8.78 Å². The highest BCUT2D eigenvalue weighted by Crippen LogP contribution is 2.46. The van der Waals surface area contributed by atoms with E-state index < -0.39 is 11.5 Å². The number of para-hydroxylation sites is 1. The first kappa shape index (κ1) is 13.1. The number of benzene rings is 1. The lowest BCUT2D eigenvalue weighted by molar-refractivity contribution is -0.0516. The summed E-state index contributed by atoms with van der Waals surface area (Å²) in [5, 5.41) is 10.0. The Labute approximate surface area is 105 Å². The molecule has 1 saturated carbocycles. The Morgan fingerprint density at radius 3 is 2.39 bits per heavy atom. The first-order valence-corrected chi connectivity index (χ1v) is 5.91. The highest BCUT2D eigenvalue weighted by atomic mass is 19.3. The number of rotatable bonds is 2. The van der Waals surface area contributed by atoms with Gasteiger partial charge in [-0.3, -0.25) is 0 Å². The van der Waals surface area contributed by atoms with Gasteiger partial charge in [-0.2, -0.15) is 0 Å². The van der Waals surface area contributed by atoms with Gasteiger partial charge >= 0.3 is 0 Å². The molecule has 2 rings (SSSR count). The maximum absolute atomic E-state index is 13.2. The molecular formula is C13H17F2NO2. The molecule has 1 aliphatic carbocycles. The molecule has 0 amide bonds. The summed E-state index contributed by atoms with van der Waals surface area (Å²) in [6.45, 7) is 0. The van der Waals surface area contributed by atoms with E-state index in [9.17, 15) is 13.9 Å². The van der Waals surface area contributed by atoms with Crippen LogP contribution in [0.3, 0.4) is 0 Å². The maximum atomic E-state index is 13.2. The van der Waals surface area contributed by atoms with E-state index in [0.717, 1.165) is 0 Å². The average Bonchev–Trinajstić information content (AvgIpc) is 2.34. The zero-order chi connectivity index (χ0) is 13.4. The molecule has 1 aliphatic rings. The Balaban J connectivity index is 2.31. The predicted octanol–water partition coefficient (Wildman–Crippen LogP) is 2.76. The maximum Gasteiger partial charge on any atom is 0.248 e. The molecular weight excluding hydrogens is 240 g/mol. The van der Waals surface area contributed by atoms with Crippen molar-refractivity contribution >= 4 is 0 Å². The molecule has 3 nitrogen and oxygen atoms in total. The molecule has 0 aromatic heterocycles. The van der Waals surface area contributed by atoms with Crippen LogP contribution in [0.2, 0.25) is 0 Å². The fraction of sp³-hybridized carbons (Fsp3) is 0.538. The molecule has 0 unspecified atom stereocenters. The van der Waals surface area contributed by atoms with Crippen LogP contribution < -0.4 is 10.5 Å². The van der Waals surface area contributed by atoms with Crippen molar-refractivity contribution in [2.75, 3.05) is 7.11 Å². The quantitative estimate of drug-likeness (QED) is 0.856. The van der Waals surface area contributed by atoms with Gasteiger partial charge in [0.1, 0.15) is 0 Å². The van der Waals surface area contributed by atoms with Gasteiger partial charge in [-0.1, -0.05) is 12.1 Å². The third-order valence-electron chi connectivity index (χ3n) is 3.63. The minimum absolute atomic E-state index is 0.0484. The van der Waals surface area contributed by atoms with Crippen LogP contribution in [0.5, 0.6) is 11.5 Å². The summed E-state index contributed by atoms with van der Waals surface area (Å²) in [5.41, 5.74) is 5.76. The predicted molar refractivity (Wildman–Crippen MR) is 63.9 cm³/mol. The highest BCUT2D eigenvalue weighted by Gasteiger charge is 2.43. The number of phenols is 1. The van der Waals surface area contributed by atoms with Crippen molar-refractivity contribution in [3.05, 3.63) is 23.8 Å². The molecule has 0 spiro atoms. The highest BCUT2D eigenvalue weighted by molar-refractivity contribution is 5.48. The van der Waals surface area contributed by atoms with Gasteiger partial charge in [0.2, 0.25) is 5.92 Å². The molecule has 3 N–H and O–H groups in total. The molecule has 1 fully saturated rings. The third-order valence-corrected chi connectivity index (χ3v) is 3.63. The number of hydrogen-bond acceptors (Lipinski definition) is 3. The van der Waals surface area contributed by atoms with Crippen molar-refractivity contribution in [1.29, 1.82) is 0 Å². The fourth-order valence-electron chi connectivity index (χ4n) is 2.42. The van der Waals surface area contributed by atoms with Crippen molar-refractivity contribution in [2.24, 2.45) is 5.73 Å². The van der Waals surface area contributed by atoms with E-state index in [1.807, 2.05) is 0 Å². The normalized spacial score (nSPS) is 21.6. The van der Waals surface area contributed by atoms with Crippen LogP contribution >= 0.6 is 0 Å². The molecule has 1 aromatic carbocycles. The van der Waals surface area contributed by atoms with Crippen LogP contribution in [0.4, 0.5) is 8.78 Å². The second-order valence-corrected chi connectivity index (χ2v) is 4.87. The van der Waals surface area contributed by atoms with E-state index in [2.05, 4.69) is 0 Å². The van der Waals surface area contributed by atoms with E-state index in [4.69, 9.17) is 10.5 Å². The van der Waals surface area contributed by atoms with E-state index >= 15 is 0 Å². The summed E-state index contributed by atoms with van der Waals surface area (Å²) in [4.78, 5) is 0. The minimum atomic E-state index is -2.64. The molecule has 0 radical (unpaired) electrons. The molecule has 0 bridgehead atoms. The smallest absolute Gasteiger partial charge is 0.248 e. The SMILES string of the molecule is COc1cccc(C2(N)CCC(F)(F)CC2)c1O. The Hall–Kier alpha value is -1.36. The van der Waals surface area contributed by atoms with Crippen molar-refractivity contribution in [2.45, 2.75) is 37.1 Å². The lowest BCUT2D eigenvalue weighted by Gasteiger charge is -2.37. The van der Waals surface area contributed by atoms with Crippen LogP contribution in [0.15, 0.2) is 18.2 Å². The standard InChI is InChI=1S/C13H17F2NO2/c1-18-10-4-2-3-9(11(10)17)12(16)5-7-13(14,15)8-6-12/h2-4,17H,5-8,16H2,1H3. The second kappa shape index (κ2) is 4.39. The van der Waals surface area contributed by atoms with Gasteiger partial charge in [-0.15, -0.1) is 0 Å². The summed E-state index contributed by atoms with van der Waals surface area (Å²) >= 11 is 0. The van der Waals surface area contributed by atoms with Gasteiger partial charge in [0.25, 0.3) is 0 Å². The lowest BCUT2D eigenvalue weighted by atomic mass is 9.75. The number of nitrogens with two attached hydrogens (primary N) is 1. The topological polar surface area (TPSA) is 55.5 Å². The van der Waals surface area contributed by atoms with Gasteiger partial charge in [-0.05, 0) is 18.9 Å². The van der Waals surface area contributed by atoms with Crippen LogP contribution in [0, 0.1) is 0 Å². The number of hydrogen-bond donors (Lipinski definition) is 2.